The number of rotatable bonds is 2. The highest BCUT2D eigenvalue weighted by atomic mass is 35.5. The largest absolute Gasteiger partial charge is 0.507 e. The van der Waals surface area contributed by atoms with Crippen molar-refractivity contribution in [3.05, 3.63) is 64.2 Å². The van der Waals surface area contributed by atoms with E-state index in [1.807, 2.05) is 0 Å². The number of hydrogen-bond donors (Lipinski definition) is 1. The first kappa shape index (κ1) is 15.7. The van der Waals surface area contributed by atoms with E-state index < -0.39 is 17.8 Å². The standard InChI is InChI=1S/C16H11ClF3NO2/c17-11-4-5-14(22)12(7-11)13-8-15(23-21-13)9-2-1-3-10(6-9)16(18,19)20/h1-7,15,22H,8H2. The quantitative estimate of drug-likeness (QED) is 0.841. The number of halogens is 4. The number of aromatic hydroxyl groups is 1. The Labute approximate surface area is 134 Å². The van der Waals surface area contributed by atoms with Crippen LogP contribution in [0.25, 0.3) is 0 Å². The summed E-state index contributed by atoms with van der Waals surface area (Å²) in [6.45, 7) is 0. The maximum absolute atomic E-state index is 12.8. The molecule has 0 saturated heterocycles. The monoisotopic (exact) mass is 341 g/mol. The number of nitrogens with zero attached hydrogens (tertiary/aromatic N) is 1. The van der Waals surface area contributed by atoms with Gasteiger partial charge < -0.3 is 9.94 Å². The van der Waals surface area contributed by atoms with E-state index in [1.54, 1.807) is 6.07 Å². The first-order chi connectivity index (χ1) is 10.8. The van der Waals surface area contributed by atoms with Gasteiger partial charge in [0.1, 0.15) is 5.75 Å². The fourth-order valence-corrected chi connectivity index (χ4v) is 2.54. The summed E-state index contributed by atoms with van der Waals surface area (Å²) in [5.41, 5.74) is 0.483. The number of hydrogen-bond acceptors (Lipinski definition) is 3. The van der Waals surface area contributed by atoms with Crippen molar-refractivity contribution in [2.75, 3.05) is 0 Å². The minimum absolute atomic E-state index is 0.0126. The number of phenols is 1. The zero-order valence-corrected chi connectivity index (χ0v) is 12.4. The smallest absolute Gasteiger partial charge is 0.416 e. The Morgan fingerprint density at radius 1 is 1.17 bits per heavy atom. The molecule has 0 amide bonds. The van der Waals surface area contributed by atoms with Gasteiger partial charge in [-0.1, -0.05) is 28.9 Å². The summed E-state index contributed by atoms with van der Waals surface area (Å²) in [6, 6.07) is 9.42. The van der Waals surface area contributed by atoms with Crippen molar-refractivity contribution in [3.63, 3.8) is 0 Å². The van der Waals surface area contributed by atoms with E-state index in [4.69, 9.17) is 16.4 Å². The highest BCUT2D eigenvalue weighted by Gasteiger charge is 2.32. The molecular formula is C16H11ClF3NO2. The van der Waals surface area contributed by atoms with Crippen molar-refractivity contribution in [1.82, 2.24) is 0 Å². The van der Waals surface area contributed by atoms with Crippen molar-refractivity contribution in [2.24, 2.45) is 5.16 Å². The molecule has 3 rings (SSSR count). The summed E-state index contributed by atoms with van der Waals surface area (Å²) in [7, 11) is 0. The van der Waals surface area contributed by atoms with Crippen LogP contribution in [0, 0.1) is 0 Å². The third-order valence-electron chi connectivity index (χ3n) is 3.52. The normalized spacial score (nSPS) is 17.7. The molecule has 0 aromatic heterocycles. The van der Waals surface area contributed by atoms with Gasteiger partial charge in [-0.05, 0) is 35.9 Å². The molecule has 23 heavy (non-hydrogen) atoms. The van der Waals surface area contributed by atoms with Crippen molar-refractivity contribution in [2.45, 2.75) is 18.7 Å². The first-order valence-corrected chi connectivity index (χ1v) is 7.11. The highest BCUT2D eigenvalue weighted by Crippen LogP contribution is 2.36. The molecule has 2 aromatic rings. The topological polar surface area (TPSA) is 41.8 Å². The SMILES string of the molecule is Oc1ccc(Cl)cc1C1=NOC(c2cccc(C(F)(F)F)c2)C1. The summed E-state index contributed by atoms with van der Waals surface area (Å²) in [5, 5.41) is 14.2. The molecule has 1 unspecified atom stereocenters. The van der Waals surface area contributed by atoms with Gasteiger partial charge in [0, 0.05) is 17.0 Å². The summed E-state index contributed by atoms with van der Waals surface area (Å²) in [6.07, 6.45) is -4.80. The lowest BCUT2D eigenvalue weighted by Crippen LogP contribution is -2.07. The molecule has 1 aliphatic heterocycles. The molecule has 1 aliphatic rings. The van der Waals surface area contributed by atoms with E-state index in [0.29, 0.717) is 21.9 Å². The molecule has 0 spiro atoms. The Balaban J connectivity index is 1.83. The van der Waals surface area contributed by atoms with E-state index in [0.717, 1.165) is 12.1 Å². The molecular weight excluding hydrogens is 331 g/mol. The molecule has 1 atom stereocenters. The Morgan fingerprint density at radius 2 is 1.96 bits per heavy atom. The van der Waals surface area contributed by atoms with Gasteiger partial charge in [-0.25, -0.2) is 0 Å². The van der Waals surface area contributed by atoms with E-state index >= 15 is 0 Å². The molecule has 0 saturated carbocycles. The molecule has 0 aliphatic carbocycles. The fraction of sp³-hybridized carbons (Fsp3) is 0.188. The van der Waals surface area contributed by atoms with E-state index in [1.165, 1.54) is 24.3 Å². The van der Waals surface area contributed by atoms with Gasteiger partial charge in [-0.15, -0.1) is 0 Å². The third-order valence-corrected chi connectivity index (χ3v) is 3.76. The van der Waals surface area contributed by atoms with Crippen LogP contribution in [0.5, 0.6) is 5.75 Å². The maximum Gasteiger partial charge on any atom is 0.416 e. The average Bonchev–Trinajstić information content (AvgIpc) is 2.99. The predicted octanol–water partition coefficient (Wildman–Crippen LogP) is 4.93. The number of oxime groups is 1. The molecule has 3 nitrogen and oxygen atoms in total. The Hall–Kier alpha value is -2.21. The van der Waals surface area contributed by atoms with Gasteiger partial charge >= 0.3 is 6.18 Å². The van der Waals surface area contributed by atoms with Crippen LogP contribution in [0.1, 0.15) is 29.2 Å². The van der Waals surface area contributed by atoms with Crippen LogP contribution in [0.4, 0.5) is 13.2 Å². The Morgan fingerprint density at radius 3 is 2.70 bits per heavy atom. The third kappa shape index (κ3) is 3.27. The van der Waals surface area contributed by atoms with Crippen molar-refractivity contribution in [3.8, 4) is 5.75 Å². The average molecular weight is 342 g/mol. The summed E-state index contributed by atoms with van der Waals surface area (Å²) in [4.78, 5) is 5.23. The van der Waals surface area contributed by atoms with Gasteiger partial charge in [0.2, 0.25) is 0 Å². The van der Waals surface area contributed by atoms with Gasteiger partial charge in [0.15, 0.2) is 6.10 Å². The Kier molecular flexibility index (Phi) is 3.93. The van der Waals surface area contributed by atoms with Crippen molar-refractivity contribution >= 4 is 17.3 Å². The van der Waals surface area contributed by atoms with Crippen LogP contribution in [0.3, 0.4) is 0 Å². The second-order valence-electron chi connectivity index (χ2n) is 5.12. The summed E-state index contributed by atoms with van der Waals surface area (Å²) < 4.78 is 38.3. The van der Waals surface area contributed by atoms with Gasteiger partial charge in [-0.3, -0.25) is 0 Å². The second kappa shape index (κ2) is 5.77. The van der Waals surface area contributed by atoms with Crippen LogP contribution < -0.4 is 0 Å². The summed E-state index contributed by atoms with van der Waals surface area (Å²) >= 11 is 5.89. The van der Waals surface area contributed by atoms with Gasteiger partial charge in [0.25, 0.3) is 0 Å². The molecule has 1 N–H and O–H groups in total. The van der Waals surface area contributed by atoms with Gasteiger partial charge in [0.05, 0.1) is 11.3 Å². The zero-order chi connectivity index (χ0) is 16.6. The lowest BCUT2D eigenvalue weighted by atomic mass is 9.98. The van der Waals surface area contributed by atoms with Crippen molar-refractivity contribution in [1.29, 1.82) is 0 Å². The van der Waals surface area contributed by atoms with Crippen LogP contribution >= 0.6 is 11.6 Å². The molecule has 120 valence electrons. The number of benzene rings is 2. The molecule has 1 heterocycles. The molecule has 2 aromatic carbocycles. The first-order valence-electron chi connectivity index (χ1n) is 6.73. The van der Waals surface area contributed by atoms with Crippen LogP contribution in [-0.4, -0.2) is 10.8 Å². The molecule has 0 fully saturated rings. The fourth-order valence-electron chi connectivity index (χ4n) is 2.37. The minimum Gasteiger partial charge on any atom is -0.507 e. The molecule has 0 radical (unpaired) electrons. The molecule has 0 bridgehead atoms. The van der Waals surface area contributed by atoms with Gasteiger partial charge in [-0.2, -0.15) is 13.2 Å². The highest BCUT2D eigenvalue weighted by molar-refractivity contribution is 6.31. The zero-order valence-electron chi connectivity index (χ0n) is 11.6. The second-order valence-corrected chi connectivity index (χ2v) is 5.56. The Bertz CT molecular complexity index is 774. The van der Waals surface area contributed by atoms with Crippen molar-refractivity contribution < 1.29 is 23.1 Å². The van der Waals surface area contributed by atoms with E-state index in [-0.39, 0.29) is 12.2 Å². The summed E-state index contributed by atoms with van der Waals surface area (Å²) in [5.74, 6) is -0.0126. The number of phenolic OH excluding ortho intramolecular Hbond substituents is 1. The lowest BCUT2D eigenvalue weighted by molar-refractivity contribution is -0.137. The van der Waals surface area contributed by atoms with E-state index in [2.05, 4.69) is 5.16 Å². The lowest BCUT2D eigenvalue weighted by Gasteiger charge is -2.12. The molecule has 7 heteroatoms. The van der Waals surface area contributed by atoms with Crippen LogP contribution in [-0.2, 0) is 11.0 Å². The minimum atomic E-state index is -4.41. The maximum atomic E-state index is 12.8. The predicted molar refractivity (Wildman–Crippen MR) is 79.5 cm³/mol. The number of alkyl halides is 3. The van der Waals surface area contributed by atoms with Crippen LogP contribution in [0.15, 0.2) is 47.6 Å². The van der Waals surface area contributed by atoms with E-state index in [9.17, 15) is 18.3 Å². The van der Waals surface area contributed by atoms with Crippen LogP contribution in [0.2, 0.25) is 5.02 Å².